The highest BCUT2D eigenvalue weighted by atomic mass is 16.6. The van der Waals surface area contributed by atoms with Crippen LogP contribution in [0.3, 0.4) is 0 Å². The fourth-order valence-electron chi connectivity index (χ4n) is 1.76. The normalized spacial score (nSPS) is 20.1. The van der Waals surface area contributed by atoms with Gasteiger partial charge in [0.05, 0.1) is 25.9 Å². The van der Waals surface area contributed by atoms with Crippen molar-refractivity contribution in [2.75, 3.05) is 40.1 Å². The number of nitrogens with one attached hydrogen (secondary N) is 2. The van der Waals surface area contributed by atoms with Crippen molar-refractivity contribution in [1.29, 1.82) is 0 Å². The number of carbonyl (C=O) groups is 2. The van der Waals surface area contributed by atoms with Gasteiger partial charge in [0.2, 0.25) is 0 Å². The zero-order valence-corrected chi connectivity index (χ0v) is 11.6. The first kappa shape index (κ1) is 16.7. The molecule has 20 heavy (non-hydrogen) atoms. The number of amides is 2. The van der Waals surface area contributed by atoms with E-state index in [0.717, 1.165) is 0 Å². The molecular formula is C12H22N2O6. The highest BCUT2D eigenvalue weighted by molar-refractivity contribution is 5.82. The maximum atomic E-state index is 11.6. The van der Waals surface area contributed by atoms with Crippen molar-refractivity contribution in [3.8, 4) is 0 Å². The smallest absolute Gasteiger partial charge is 0.326 e. The Bertz CT molecular complexity index is 306. The van der Waals surface area contributed by atoms with Crippen LogP contribution in [0.2, 0.25) is 0 Å². The average Bonchev–Trinajstić information content (AvgIpc) is 2.45. The minimum absolute atomic E-state index is 0.189. The lowest BCUT2D eigenvalue weighted by Crippen LogP contribution is -2.49. The van der Waals surface area contributed by atoms with Gasteiger partial charge in [-0.2, -0.15) is 0 Å². The molecule has 0 bridgehead atoms. The molecular weight excluding hydrogens is 268 g/mol. The summed E-state index contributed by atoms with van der Waals surface area (Å²) in [6.45, 7) is 2.24. The molecule has 0 aliphatic carbocycles. The standard InChI is InChI=1S/C12H22N2O6/c1-18-4-2-3-10(11(15)16)14-12(17)13-7-9-8-19-5-6-20-9/h9-10H,2-8H2,1H3,(H,15,16)(H2,13,14,17). The Morgan fingerprint density at radius 2 is 2.25 bits per heavy atom. The van der Waals surface area contributed by atoms with Crippen LogP contribution < -0.4 is 10.6 Å². The van der Waals surface area contributed by atoms with E-state index >= 15 is 0 Å². The Hall–Kier alpha value is -1.38. The van der Waals surface area contributed by atoms with Gasteiger partial charge in [-0.05, 0) is 12.8 Å². The van der Waals surface area contributed by atoms with Gasteiger partial charge in [0, 0.05) is 20.3 Å². The number of rotatable bonds is 8. The van der Waals surface area contributed by atoms with Crippen molar-refractivity contribution in [3.63, 3.8) is 0 Å². The van der Waals surface area contributed by atoms with Gasteiger partial charge in [0.25, 0.3) is 0 Å². The summed E-state index contributed by atoms with van der Waals surface area (Å²) in [4.78, 5) is 22.6. The molecule has 3 N–H and O–H groups in total. The Balaban J connectivity index is 2.24. The Morgan fingerprint density at radius 1 is 1.45 bits per heavy atom. The van der Waals surface area contributed by atoms with Crippen LogP contribution in [-0.4, -0.2) is 69.3 Å². The number of urea groups is 1. The molecule has 0 saturated carbocycles. The minimum atomic E-state index is -1.06. The first-order valence-electron chi connectivity index (χ1n) is 6.59. The summed E-state index contributed by atoms with van der Waals surface area (Å²) in [7, 11) is 1.54. The third kappa shape index (κ3) is 6.69. The first-order valence-corrected chi connectivity index (χ1v) is 6.59. The molecule has 1 fully saturated rings. The van der Waals surface area contributed by atoms with Crippen LogP contribution in [0.25, 0.3) is 0 Å². The van der Waals surface area contributed by atoms with E-state index < -0.39 is 18.0 Å². The summed E-state index contributed by atoms with van der Waals surface area (Å²) in [6, 6.07) is -1.45. The molecule has 2 unspecified atom stereocenters. The van der Waals surface area contributed by atoms with Crippen LogP contribution in [0.1, 0.15) is 12.8 Å². The zero-order chi connectivity index (χ0) is 14.8. The molecule has 1 aliphatic rings. The number of hydrogen-bond acceptors (Lipinski definition) is 5. The molecule has 0 aromatic heterocycles. The number of carboxylic acid groups (broad SMARTS) is 1. The Labute approximate surface area is 117 Å². The quantitative estimate of drug-likeness (QED) is 0.524. The van der Waals surface area contributed by atoms with E-state index in [4.69, 9.17) is 19.3 Å². The monoisotopic (exact) mass is 290 g/mol. The topological polar surface area (TPSA) is 106 Å². The first-order chi connectivity index (χ1) is 9.63. The predicted molar refractivity (Wildman–Crippen MR) is 69.6 cm³/mol. The lowest BCUT2D eigenvalue weighted by Gasteiger charge is -2.23. The zero-order valence-electron chi connectivity index (χ0n) is 11.6. The van der Waals surface area contributed by atoms with E-state index in [2.05, 4.69) is 10.6 Å². The molecule has 0 aromatic rings. The summed E-state index contributed by atoms with van der Waals surface area (Å²) in [5.41, 5.74) is 0. The van der Waals surface area contributed by atoms with E-state index in [1.54, 1.807) is 7.11 Å². The van der Waals surface area contributed by atoms with Crippen LogP contribution in [0.15, 0.2) is 0 Å². The molecule has 1 rings (SSSR count). The number of methoxy groups -OCH3 is 1. The maximum absolute atomic E-state index is 11.6. The number of hydrogen-bond donors (Lipinski definition) is 3. The molecule has 1 saturated heterocycles. The minimum Gasteiger partial charge on any atom is -0.480 e. The summed E-state index contributed by atoms with van der Waals surface area (Å²) in [6.07, 6.45) is 0.693. The summed E-state index contributed by atoms with van der Waals surface area (Å²) in [5, 5.41) is 14.0. The third-order valence-corrected chi connectivity index (χ3v) is 2.82. The van der Waals surface area contributed by atoms with Crippen LogP contribution in [0.5, 0.6) is 0 Å². The van der Waals surface area contributed by atoms with Crippen LogP contribution in [-0.2, 0) is 19.0 Å². The number of carbonyl (C=O) groups excluding carboxylic acids is 1. The molecule has 8 nitrogen and oxygen atoms in total. The van der Waals surface area contributed by atoms with E-state index in [-0.39, 0.29) is 12.6 Å². The van der Waals surface area contributed by atoms with Gasteiger partial charge < -0.3 is 30.0 Å². The number of ether oxygens (including phenoxy) is 3. The van der Waals surface area contributed by atoms with Gasteiger partial charge in [-0.3, -0.25) is 0 Å². The Morgan fingerprint density at radius 3 is 2.85 bits per heavy atom. The van der Waals surface area contributed by atoms with Gasteiger partial charge in [-0.15, -0.1) is 0 Å². The van der Waals surface area contributed by atoms with Gasteiger partial charge in [-0.25, -0.2) is 9.59 Å². The number of aliphatic carboxylic acids is 1. The highest BCUT2D eigenvalue weighted by Gasteiger charge is 2.20. The number of carboxylic acids is 1. The van der Waals surface area contributed by atoms with Crippen molar-refractivity contribution < 1.29 is 28.9 Å². The fourth-order valence-corrected chi connectivity index (χ4v) is 1.76. The largest absolute Gasteiger partial charge is 0.480 e. The van der Waals surface area contributed by atoms with Crippen molar-refractivity contribution >= 4 is 12.0 Å². The van der Waals surface area contributed by atoms with Crippen molar-refractivity contribution in [2.24, 2.45) is 0 Å². The fraction of sp³-hybridized carbons (Fsp3) is 0.833. The lowest BCUT2D eigenvalue weighted by molar-refractivity contribution is -0.139. The molecule has 0 aromatic carbocycles. The second-order valence-electron chi connectivity index (χ2n) is 4.45. The van der Waals surface area contributed by atoms with E-state index in [1.807, 2.05) is 0 Å². The summed E-state index contributed by atoms with van der Waals surface area (Å²) >= 11 is 0. The molecule has 8 heteroatoms. The second kappa shape index (κ2) is 9.51. The van der Waals surface area contributed by atoms with Crippen LogP contribution in [0.4, 0.5) is 4.79 Å². The van der Waals surface area contributed by atoms with Gasteiger partial charge in [0.15, 0.2) is 0 Å². The molecule has 116 valence electrons. The predicted octanol–water partition coefficient (Wildman–Crippen LogP) is -0.419. The highest BCUT2D eigenvalue weighted by Crippen LogP contribution is 2.00. The van der Waals surface area contributed by atoms with E-state index in [1.165, 1.54) is 0 Å². The van der Waals surface area contributed by atoms with Crippen molar-refractivity contribution in [3.05, 3.63) is 0 Å². The maximum Gasteiger partial charge on any atom is 0.326 e. The molecule has 2 atom stereocenters. The van der Waals surface area contributed by atoms with Crippen molar-refractivity contribution in [1.82, 2.24) is 10.6 Å². The average molecular weight is 290 g/mol. The molecule has 2 amide bonds. The van der Waals surface area contributed by atoms with Crippen LogP contribution in [0, 0.1) is 0 Å². The second-order valence-corrected chi connectivity index (χ2v) is 4.45. The molecule has 0 radical (unpaired) electrons. The van der Waals surface area contributed by atoms with Crippen LogP contribution >= 0.6 is 0 Å². The van der Waals surface area contributed by atoms with E-state index in [9.17, 15) is 9.59 Å². The molecule has 1 heterocycles. The molecule has 0 spiro atoms. The molecule has 1 aliphatic heterocycles. The third-order valence-electron chi connectivity index (χ3n) is 2.82. The Kier molecular flexibility index (Phi) is 7.93. The summed E-state index contributed by atoms with van der Waals surface area (Å²) < 4.78 is 15.4. The van der Waals surface area contributed by atoms with Crippen molar-refractivity contribution in [2.45, 2.75) is 25.0 Å². The van der Waals surface area contributed by atoms with Gasteiger partial charge in [0.1, 0.15) is 6.04 Å². The lowest BCUT2D eigenvalue weighted by atomic mass is 10.1. The summed E-state index contributed by atoms with van der Waals surface area (Å²) in [5.74, 6) is -1.06. The SMILES string of the molecule is COCCCC(NC(=O)NCC1COCCO1)C(=O)O. The van der Waals surface area contributed by atoms with Gasteiger partial charge in [-0.1, -0.05) is 0 Å². The van der Waals surface area contributed by atoms with E-state index in [0.29, 0.717) is 39.3 Å². The van der Waals surface area contributed by atoms with Gasteiger partial charge >= 0.3 is 12.0 Å².